The van der Waals surface area contributed by atoms with Crippen LogP contribution in [0.5, 0.6) is 0 Å². The van der Waals surface area contributed by atoms with Gasteiger partial charge in [-0.3, -0.25) is 9.88 Å². The molecule has 2 aromatic rings. The van der Waals surface area contributed by atoms with E-state index in [0.717, 1.165) is 43.9 Å². The van der Waals surface area contributed by atoms with Crippen LogP contribution in [0.25, 0.3) is 0 Å². The zero-order chi connectivity index (χ0) is 28.5. The Hall–Kier alpha value is -2.82. The van der Waals surface area contributed by atoms with Gasteiger partial charge in [-0.1, -0.05) is 6.07 Å². The molecule has 2 aromatic heterocycles. The number of aromatic nitrogens is 2. The van der Waals surface area contributed by atoms with Crippen molar-refractivity contribution in [2.75, 3.05) is 13.2 Å². The number of rotatable bonds is 5. The van der Waals surface area contributed by atoms with E-state index in [1.54, 1.807) is 11.3 Å². The molecule has 0 spiro atoms. The number of carbonyl (C=O) groups is 2. The highest BCUT2D eigenvalue weighted by Gasteiger charge is 2.43. The van der Waals surface area contributed by atoms with Crippen molar-refractivity contribution in [2.24, 2.45) is 0 Å². The molecule has 212 valence electrons. The van der Waals surface area contributed by atoms with Crippen LogP contribution in [0.4, 0.5) is 26.3 Å². The zero-order valence-electron chi connectivity index (χ0n) is 19.9. The largest absolute Gasteiger partial charge is 0.490 e. The highest BCUT2D eigenvalue weighted by atomic mass is 32.1. The van der Waals surface area contributed by atoms with E-state index in [4.69, 9.17) is 29.3 Å². The minimum Gasteiger partial charge on any atom is -0.475 e. The van der Waals surface area contributed by atoms with Crippen molar-refractivity contribution in [3.63, 3.8) is 0 Å². The lowest BCUT2D eigenvalue weighted by molar-refractivity contribution is -0.193. The normalized spacial score (nSPS) is 21.4. The second-order valence-electron chi connectivity index (χ2n) is 8.10. The predicted octanol–water partition coefficient (Wildman–Crippen LogP) is 4.06. The first-order valence-electron chi connectivity index (χ1n) is 11.1. The van der Waals surface area contributed by atoms with Crippen LogP contribution in [0, 0.1) is 6.92 Å². The van der Waals surface area contributed by atoms with Gasteiger partial charge in [-0.25, -0.2) is 14.6 Å². The second kappa shape index (κ2) is 13.8. The Morgan fingerprint density at radius 1 is 1.13 bits per heavy atom. The number of nitrogens with zero attached hydrogens (tertiary/aromatic N) is 3. The van der Waals surface area contributed by atoms with E-state index in [1.165, 1.54) is 5.01 Å². The van der Waals surface area contributed by atoms with Crippen molar-refractivity contribution in [1.82, 2.24) is 14.9 Å². The molecule has 2 N–H and O–H groups in total. The molecule has 16 heteroatoms. The number of fused-ring (bicyclic) bond motifs is 1. The molecule has 0 aromatic carbocycles. The van der Waals surface area contributed by atoms with Gasteiger partial charge in [0, 0.05) is 29.9 Å². The Morgan fingerprint density at radius 2 is 1.76 bits per heavy atom. The molecule has 3 heterocycles. The first kappa shape index (κ1) is 31.4. The fourth-order valence-corrected chi connectivity index (χ4v) is 4.38. The molecule has 3 atom stereocenters. The lowest BCUT2D eigenvalue weighted by Gasteiger charge is -2.38. The van der Waals surface area contributed by atoms with Gasteiger partial charge in [-0.05, 0) is 31.9 Å². The van der Waals surface area contributed by atoms with Crippen molar-refractivity contribution < 1.29 is 55.6 Å². The van der Waals surface area contributed by atoms with Gasteiger partial charge >= 0.3 is 24.3 Å². The number of hydrogen-bond donors (Lipinski definition) is 2. The van der Waals surface area contributed by atoms with Crippen LogP contribution in [0.1, 0.15) is 29.2 Å². The lowest BCUT2D eigenvalue weighted by atomic mass is 10.1. The smallest absolute Gasteiger partial charge is 0.475 e. The van der Waals surface area contributed by atoms with Crippen LogP contribution in [0.3, 0.4) is 0 Å². The molecule has 0 radical (unpaired) electrons. The molecule has 2 aliphatic rings. The number of pyridine rings is 1. The third-order valence-electron chi connectivity index (χ3n) is 5.35. The fraction of sp³-hybridized carbons (Fsp3) is 0.545. The molecule has 0 amide bonds. The minimum absolute atomic E-state index is 0.163. The summed E-state index contributed by atoms with van der Waals surface area (Å²) in [6.45, 7) is 5.25. The maximum absolute atomic E-state index is 10.6. The Kier molecular flexibility index (Phi) is 11.4. The van der Waals surface area contributed by atoms with Gasteiger partial charge in [0.15, 0.2) is 0 Å². The number of alkyl halides is 6. The van der Waals surface area contributed by atoms with E-state index >= 15 is 0 Å². The van der Waals surface area contributed by atoms with Crippen LogP contribution < -0.4 is 0 Å². The fourth-order valence-electron chi connectivity index (χ4n) is 3.74. The number of ether oxygens (including phenoxy) is 2. The molecule has 2 fully saturated rings. The number of aliphatic carboxylic acids is 2. The molecule has 1 saturated carbocycles. The van der Waals surface area contributed by atoms with Gasteiger partial charge in [0.2, 0.25) is 0 Å². The van der Waals surface area contributed by atoms with Crippen molar-refractivity contribution in [2.45, 2.75) is 63.5 Å². The van der Waals surface area contributed by atoms with Crippen molar-refractivity contribution in [1.29, 1.82) is 0 Å². The van der Waals surface area contributed by atoms with Crippen molar-refractivity contribution in [3.05, 3.63) is 46.2 Å². The van der Waals surface area contributed by atoms with Gasteiger partial charge in [-0.2, -0.15) is 26.3 Å². The standard InChI is InChI=1S/C18H23N3O2S.2C2HF3O2/c1-13-3-2-4-14(20-13)12-23-16-6-5-15-18(16)22-9-8-21(15)11-17-19-7-10-24-17;2*3-2(4,5)1(6)7/h2-4,7,10,15-16,18H,5-6,8-9,11-12H2,1H3;2*(H,6,7)/t15-,16+,18+;;/m0../s1. The van der Waals surface area contributed by atoms with E-state index in [2.05, 4.69) is 14.9 Å². The molecule has 1 aliphatic carbocycles. The summed E-state index contributed by atoms with van der Waals surface area (Å²) in [7, 11) is 0. The van der Waals surface area contributed by atoms with E-state index < -0.39 is 24.3 Å². The van der Waals surface area contributed by atoms with E-state index in [-0.39, 0.29) is 12.2 Å². The van der Waals surface area contributed by atoms with Crippen LogP contribution in [0.2, 0.25) is 0 Å². The molecule has 9 nitrogen and oxygen atoms in total. The van der Waals surface area contributed by atoms with Gasteiger partial charge in [0.1, 0.15) is 5.01 Å². The summed E-state index contributed by atoms with van der Waals surface area (Å²) in [5, 5.41) is 17.5. The van der Waals surface area contributed by atoms with E-state index in [1.807, 2.05) is 36.7 Å². The van der Waals surface area contributed by atoms with E-state index in [9.17, 15) is 26.3 Å². The molecule has 38 heavy (non-hydrogen) atoms. The summed E-state index contributed by atoms with van der Waals surface area (Å²) in [6, 6.07) is 6.51. The van der Waals surface area contributed by atoms with Gasteiger partial charge in [-0.15, -0.1) is 11.3 Å². The highest BCUT2D eigenvalue weighted by Crippen LogP contribution is 2.33. The number of carboxylic acid groups (broad SMARTS) is 2. The first-order chi connectivity index (χ1) is 17.7. The quantitative estimate of drug-likeness (QED) is 0.510. The summed E-state index contributed by atoms with van der Waals surface area (Å²) in [6.07, 6.45) is -5.77. The Balaban J connectivity index is 0.000000301. The third kappa shape index (κ3) is 10.2. The molecule has 4 rings (SSSR count). The Labute approximate surface area is 217 Å². The molecule has 0 unspecified atom stereocenters. The SMILES string of the molecule is Cc1cccc(CO[C@@H]2CC[C@H]3[C@H]2OCCN3Cc2nccs2)n1.O=C(O)C(F)(F)F.O=C(O)C(F)(F)F. The van der Waals surface area contributed by atoms with Gasteiger partial charge < -0.3 is 19.7 Å². The molecular weight excluding hydrogens is 548 g/mol. The zero-order valence-corrected chi connectivity index (χ0v) is 20.7. The van der Waals surface area contributed by atoms with Crippen molar-refractivity contribution in [3.8, 4) is 0 Å². The number of halogens is 6. The number of carboxylic acids is 2. The van der Waals surface area contributed by atoms with E-state index in [0.29, 0.717) is 12.6 Å². The monoisotopic (exact) mass is 573 g/mol. The number of thiazole rings is 1. The summed E-state index contributed by atoms with van der Waals surface area (Å²) < 4.78 is 75.7. The number of hydrogen-bond acceptors (Lipinski definition) is 8. The number of morpholine rings is 1. The van der Waals surface area contributed by atoms with Gasteiger partial charge in [0.25, 0.3) is 0 Å². The maximum Gasteiger partial charge on any atom is 0.490 e. The molecular formula is C22H25F6N3O6S. The van der Waals surface area contributed by atoms with Crippen LogP contribution in [0.15, 0.2) is 29.8 Å². The maximum atomic E-state index is 10.6. The predicted molar refractivity (Wildman–Crippen MR) is 120 cm³/mol. The molecule has 1 aliphatic heterocycles. The summed E-state index contributed by atoms with van der Waals surface area (Å²) in [5.41, 5.74) is 2.03. The van der Waals surface area contributed by atoms with Crippen LogP contribution >= 0.6 is 11.3 Å². The average molecular weight is 574 g/mol. The summed E-state index contributed by atoms with van der Waals surface area (Å²) in [4.78, 5) is 29.3. The van der Waals surface area contributed by atoms with Gasteiger partial charge in [0.05, 0.1) is 37.7 Å². The first-order valence-corrected chi connectivity index (χ1v) is 11.9. The summed E-state index contributed by atoms with van der Waals surface area (Å²) >= 11 is 1.73. The highest BCUT2D eigenvalue weighted by molar-refractivity contribution is 7.09. The lowest BCUT2D eigenvalue weighted by Crippen LogP contribution is -2.51. The Morgan fingerprint density at radius 3 is 2.29 bits per heavy atom. The average Bonchev–Trinajstić information content (AvgIpc) is 3.48. The topological polar surface area (TPSA) is 122 Å². The van der Waals surface area contributed by atoms with Crippen LogP contribution in [-0.4, -0.2) is 80.8 Å². The Bertz CT molecular complexity index is 1010. The molecule has 0 bridgehead atoms. The summed E-state index contributed by atoms with van der Waals surface area (Å²) in [5.74, 6) is -5.51. The van der Waals surface area contributed by atoms with Crippen LogP contribution in [-0.2, 0) is 32.2 Å². The van der Waals surface area contributed by atoms with Crippen molar-refractivity contribution >= 4 is 23.3 Å². The third-order valence-corrected chi connectivity index (χ3v) is 6.11. The minimum atomic E-state index is -5.08. The molecule has 1 saturated heterocycles. The number of aryl methyl sites for hydroxylation is 1. The second-order valence-corrected chi connectivity index (χ2v) is 9.08.